The maximum Gasteiger partial charge on any atom is 0.291 e. The minimum atomic E-state index is -0.332. The second-order valence-electron chi connectivity index (χ2n) is 7.06. The van der Waals surface area contributed by atoms with Crippen LogP contribution in [0.3, 0.4) is 0 Å². The van der Waals surface area contributed by atoms with Crippen molar-refractivity contribution in [1.29, 1.82) is 0 Å². The Morgan fingerprint density at radius 2 is 1.91 bits per heavy atom. The predicted octanol–water partition coefficient (Wildman–Crippen LogP) is 3.71. The number of hydrogen-bond acceptors (Lipinski definition) is 5. The van der Waals surface area contributed by atoms with Crippen LogP contribution in [0.2, 0.25) is 0 Å². The van der Waals surface area contributed by atoms with Gasteiger partial charge in [0.15, 0.2) is 5.76 Å². The van der Waals surface area contributed by atoms with E-state index in [0.717, 1.165) is 10.0 Å². The van der Waals surface area contributed by atoms with E-state index in [0.29, 0.717) is 23.1 Å². The number of furan rings is 1. The van der Waals surface area contributed by atoms with Crippen molar-refractivity contribution in [3.8, 4) is 0 Å². The number of hydrogen-bond donors (Lipinski definition) is 2. The molecular formula is C23H19BrN4O4. The molecule has 2 aromatic heterocycles. The molecule has 2 heterocycles. The SMILES string of the molecule is O=C(CCn1cnc2ccc(Br)cc2c1=O)NCc1ccc(NC(=O)c2ccco2)cc1. The first-order valence-electron chi connectivity index (χ1n) is 9.85. The van der Waals surface area contributed by atoms with Crippen LogP contribution in [0.1, 0.15) is 22.5 Å². The van der Waals surface area contributed by atoms with Crippen molar-refractivity contribution in [2.24, 2.45) is 0 Å². The highest BCUT2D eigenvalue weighted by Crippen LogP contribution is 2.15. The van der Waals surface area contributed by atoms with Crippen molar-refractivity contribution >= 4 is 44.3 Å². The summed E-state index contributed by atoms with van der Waals surface area (Å²) in [5, 5.41) is 6.07. The highest BCUT2D eigenvalue weighted by molar-refractivity contribution is 9.10. The van der Waals surface area contributed by atoms with Crippen molar-refractivity contribution in [2.75, 3.05) is 5.32 Å². The summed E-state index contributed by atoms with van der Waals surface area (Å²) in [4.78, 5) is 41.1. The maximum atomic E-state index is 12.6. The van der Waals surface area contributed by atoms with Gasteiger partial charge in [-0.3, -0.25) is 19.0 Å². The largest absolute Gasteiger partial charge is 0.459 e. The monoisotopic (exact) mass is 494 g/mol. The lowest BCUT2D eigenvalue weighted by molar-refractivity contribution is -0.121. The van der Waals surface area contributed by atoms with E-state index in [1.54, 1.807) is 36.4 Å². The maximum absolute atomic E-state index is 12.6. The standard InChI is InChI=1S/C23H19BrN4O4/c24-16-5-8-19-18(12-16)23(31)28(14-26-19)10-9-21(29)25-13-15-3-6-17(7-4-15)27-22(30)20-2-1-11-32-20/h1-8,11-12,14H,9-10,13H2,(H,25,29)(H,27,30). The van der Waals surface area contributed by atoms with Gasteiger partial charge in [0.25, 0.3) is 11.5 Å². The van der Waals surface area contributed by atoms with Gasteiger partial charge in [0.05, 0.1) is 23.5 Å². The molecule has 0 fully saturated rings. The first-order valence-corrected chi connectivity index (χ1v) is 10.6. The van der Waals surface area contributed by atoms with Gasteiger partial charge in [-0.2, -0.15) is 0 Å². The summed E-state index contributed by atoms with van der Waals surface area (Å²) in [6.07, 6.45) is 3.05. The molecule has 8 nitrogen and oxygen atoms in total. The molecule has 2 amide bonds. The molecule has 32 heavy (non-hydrogen) atoms. The van der Waals surface area contributed by atoms with Crippen molar-refractivity contribution in [3.05, 3.63) is 93.3 Å². The van der Waals surface area contributed by atoms with Gasteiger partial charge >= 0.3 is 0 Å². The van der Waals surface area contributed by atoms with Gasteiger partial charge in [-0.25, -0.2) is 4.98 Å². The number of aryl methyl sites for hydroxylation is 1. The van der Waals surface area contributed by atoms with E-state index < -0.39 is 0 Å². The van der Waals surface area contributed by atoms with E-state index >= 15 is 0 Å². The van der Waals surface area contributed by atoms with Gasteiger partial charge in [-0.05, 0) is 48.0 Å². The summed E-state index contributed by atoms with van der Waals surface area (Å²) in [5.74, 6) is -0.280. The molecule has 0 aliphatic carbocycles. The van der Waals surface area contributed by atoms with Crippen molar-refractivity contribution in [3.63, 3.8) is 0 Å². The molecule has 0 aliphatic rings. The minimum Gasteiger partial charge on any atom is -0.459 e. The first kappa shape index (κ1) is 21.5. The fourth-order valence-corrected chi connectivity index (χ4v) is 3.47. The van der Waals surface area contributed by atoms with Gasteiger partial charge in [0, 0.05) is 29.7 Å². The zero-order chi connectivity index (χ0) is 22.5. The second-order valence-corrected chi connectivity index (χ2v) is 7.98. The van der Waals surface area contributed by atoms with Gasteiger partial charge in [-0.15, -0.1) is 0 Å². The molecule has 4 rings (SSSR count). The van der Waals surface area contributed by atoms with Gasteiger partial charge in [0.2, 0.25) is 5.91 Å². The number of anilines is 1. The van der Waals surface area contributed by atoms with E-state index in [4.69, 9.17) is 4.42 Å². The molecule has 4 aromatic rings. The molecule has 0 atom stereocenters. The summed E-state index contributed by atoms with van der Waals surface area (Å²) in [5.41, 5.74) is 1.93. The zero-order valence-corrected chi connectivity index (χ0v) is 18.5. The third-order valence-corrected chi connectivity index (χ3v) is 5.31. The minimum absolute atomic E-state index is 0.151. The molecule has 0 radical (unpaired) electrons. The number of nitrogens with zero attached hydrogens (tertiary/aromatic N) is 2. The van der Waals surface area contributed by atoms with E-state index in [1.807, 2.05) is 18.2 Å². The van der Waals surface area contributed by atoms with Crippen LogP contribution < -0.4 is 16.2 Å². The molecule has 0 saturated carbocycles. The quantitative estimate of drug-likeness (QED) is 0.407. The number of nitrogens with one attached hydrogen (secondary N) is 2. The smallest absolute Gasteiger partial charge is 0.291 e. The normalized spacial score (nSPS) is 10.8. The van der Waals surface area contributed by atoms with Crippen molar-refractivity contribution in [2.45, 2.75) is 19.5 Å². The number of halogens is 1. The number of aromatic nitrogens is 2. The number of amides is 2. The third kappa shape index (κ3) is 5.12. The van der Waals surface area contributed by atoms with Gasteiger partial charge < -0.3 is 15.1 Å². The molecule has 0 saturated heterocycles. The molecule has 0 aliphatic heterocycles. The van der Waals surface area contributed by atoms with E-state index in [-0.39, 0.29) is 36.1 Å². The molecule has 2 aromatic carbocycles. The van der Waals surface area contributed by atoms with Gasteiger partial charge in [-0.1, -0.05) is 28.1 Å². The van der Waals surface area contributed by atoms with E-state index in [2.05, 4.69) is 31.5 Å². The van der Waals surface area contributed by atoms with E-state index in [9.17, 15) is 14.4 Å². The predicted molar refractivity (Wildman–Crippen MR) is 123 cm³/mol. The zero-order valence-electron chi connectivity index (χ0n) is 16.9. The summed E-state index contributed by atoms with van der Waals surface area (Å²) in [6, 6.07) is 15.7. The summed E-state index contributed by atoms with van der Waals surface area (Å²) in [6.45, 7) is 0.570. The second kappa shape index (κ2) is 9.61. The lowest BCUT2D eigenvalue weighted by Crippen LogP contribution is -2.27. The average Bonchev–Trinajstić information content (AvgIpc) is 3.34. The molecular weight excluding hydrogens is 476 g/mol. The summed E-state index contributed by atoms with van der Waals surface area (Å²) >= 11 is 3.36. The summed E-state index contributed by atoms with van der Waals surface area (Å²) < 4.78 is 7.29. The Balaban J connectivity index is 1.29. The van der Waals surface area contributed by atoms with Crippen LogP contribution in [0.4, 0.5) is 5.69 Å². The van der Waals surface area contributed by atoms with Crippen LogP contribution in [0.15, 0.2) is 80.9 Å². The van der Waals surface area contributed by atoms with Crippen LogP contribution in [-0.4, -0.2) is 21.4 Å². The fraction of sp³-hybridized carbons (Fsp3) is 0.130. The Kier molecular flexibility index (Phi) is 6.46. The molecule has 9 heteroatoms. The number of benzene rings is 2. The highest BCUT2D eigenvalue weighted by atomic mass is 79.9. The first-order chi connectivity index (χ1) is 15.5. The Morgan fingerprint density at radius 3 is 2.66 bits per heavy atom. The van der Waals surface area contributed by atoms with Crippen LogP contribution in [0.25, 0.3) is 10.9 Å². The van der Waals surface area contributed by atoms with Crippen molar-refractivity contribution < 1.29 is 14.0 Å². The Labute approximate surface area is 191 Å². The Morgan fingerprint density at radius 1 is 1.09 bits per heavy atom. The van der Waals surface area contributed by atoms with Crippen LogP contribution in [-0.2, 0) is 17.9 Å². The van der Waals surface area contributed by atoms with E-state index in [1.165, 1.54) is 17.2 Å². The Bertz CT molecular complexity index is 1310. The summed E-state index contributed by atoms with van der Waals surface area (Å²) in [7, 11) is 0. The Hall–Kier alpha value is -3.72. The fourth-order valence-electron chi connectivity index (χ4n) is 3.11. The number of carbonyl (C=O) groups excluding carboxylic acids is 2. The lowest BCUT2D eigenvalue weighted by Gasteiger charge is -2.09. The van der Waals surface area contributed by atoms with Crippen molar-refractivity contribution in [1.82, 2.24) is 14.9 Å². The highest BCUT2D eigenvalue weighted by Gasteiger charge is 2.09. The average molecular weight is 495 g/mol. The van der Waals surface area contributed by atoms with Crippen LogP contribution in [0, 0.1) is 0 Å². The number of rotatable bonds is 7. The number of fused-ring (bicyclic) bond motifs is 1. The third-order valence-electron chi connectivity index (χ3n) is 4.81. The molecule has 0 bridgehead atoms. The molecule has 0 unspecified atom stereocenters. The number of carbonyl (C=O) groups is 2. The van der Waals surface area contributed by atoms with Gasteiger partial charge in [0.1, 0.15) is 0 Å². The van der Waals surface area contributed by atoms with Crippen LogP contribution >= 0.6 is 15.9 Å². The topological polar surface area (TPSA) is 106 Å². The lowest BCUT2D eigenvalue weighted by atomic mass is 10.2. The molecule has 2 N–H and O–H groups in total. The van der Waals surface area contributed by atoms with Crippen LogP contribution in [0.5, 0.6) is 0 Å². The molecule has 162 valence electrons. The molecule has 0 spiro atoms.